The molecular weight excluding hydrogens is 451 g/mol. The topological polar surface area (TPSA) is 58.6 Å². The highest BCUT2D eigenvalue weighted by Gasteiger charge is 2.29. The molecule has 0 unspecified atom stereocenters. The highest BCUT2D eigenvalue weighted by Crippen LogP contribution is 2.18. The van der Waals surface area contributed by atoms with Crippen molar-refractivity contribution < 1.29 is 18.7 Å². The third-order valence-electron chi connectivity index (χ3n) is 4.83. The Labute approximate surface area is 185 Å². The van der Waals surface area contributed by atoms with E-state index in [0.29, 0.717) is 12.2 Å². The van der Waals surface area contributed by atoms with Gasteiger partial charge >= 0.3 is 0 Å². The summed E-state index contributed by atoms with van der Waals surface area (Å²) in [5.41, 5.74) is 0.739. The van der Waals surface area contributed by atoms with Crippen molar-refractivity contribution in [2.75, 3.05) is 6.61 Å². The Morgan fingerprint density at radius 1 is 1.07 bits per heavy atom. The molecule has 2 aromatic carbocycles. The average Bonchev–Trinajstić information content (AvgIpc) is 2.74. The highest BCUT2D eigenvalue weighted by molar-refractivity contribution is 9.10. The van der Waals surface area contributed by atoms with Crippen molar-refractivity contribution in [3.63, 3.8) is 0 Å². The molecule has 0 radical (unpaired) electrons. The summed E-state index contributed by atoms with van der Waals surface area (Å²) < 4.78 is 19.8. The van der Waals surface area contributed by atoms with Crippen LogP contribution in [0.3, 0.4) is 0 Å². The molecule has 7 heteroatoms. The van der Waals surface area contributed by atoms with E-state index in [9.17, 15) is 14.0 Å². The van der Waals surface area contributed by atoms with Crippen molar-refractivity contribution in [3.05, 3.63) is 64.4 Å². The molecule has 0 aromatic heterocycles. The zero-order valence-corrected chi connectivity index (χ0v) is 19.1. The van der Waals surface area contributed by atoms with E-state index in [0.717, 1.165) is 16.5 Å². The summed E-state index contributed by atoms with van der Waals surface area (Å²) in [4.78, 5) is 27.4. The second-order valence-corrected chi connectivity index (χ2v) is 8.05. The van der Waals surface area contributed by atoms with E-state index in [1.807, 2.05) is 32.9 Å². The number of halogens is 2. The fourth-order valence-electron chi connectivity index (χ4n) is 2.91. The lowest BCUT2D eigenvalue weighted by molar-refractivity contribution is -0.143. The molecule has 0 fully saturated rings. The number of rotatable bonds is 10. The van der Waals surface area contributed by atoms with Gasteiger partial charge in [0.25, 0.3) is 5.91 Å². The molecule has 0 saturated heterocycles. The number of nitrogens with one attached hydrogen (secondary N) is 1. The van der Waals surface area contributed by atoms with Gasteiger partial charge in [0, 0.05) is 17.1 Å². The van der Waals surface area contributed by atoms with E-state index in [1.54, 1.807) is 24.3 Å². The summed E-state index contributed by atoms with van der Waals surface area (Å²) in [7, 11) is 0. The van der Waals surface area contributed by atoms with Crippen LogP contribution in [0.5, 0.6) is 5.75 Å². The van der Waals surface area contributed by atoms with Crippen LogP contribution in [0.15, 0.2) is 53.0 Å². The number of ether oxygens (including phenoxy) is 1. The van der Waals surface area contributed by atoms with E-state index in [2.05, 4.69) is 21.2 Å². The molecule has 0 aliphatic rings. The second-order valence-electron chi connectivity index (χ2n) is 7.13. The summed E-state index contributed by atoms with van der Waals surface area (Å²) in [6, 6.07) is 12.4. The minimum atomic E-state index is -0.648. The molecule has 0 bridgehead atoms. The molecule has 1 N–H and O–H groups in total. The lowest BCUT2D eigenvalue weighted by Gasteiger charge is -2.31. The van der Waals surface area contributed by atoms with Crippen LogP contribution in [0.25, 0.3) is 0 Å². The Hall–Kier alpha value is -2.41. The standard InChI is InChI=1S/C23H28BrFN2O3/c1-4-16(3)26-23(29)21(5-2)27(14-17-6-10-19(25)11-7-17)22(28)15-30-20-12-8-18(24)9-13-20/h6-13,16,21H,4-5,14-15H2,1-3H3,(H,26,29)/t16-,21+/m0/s1. The molecule has 30 heavy (non-hydrogen) atoms. The minimum Gasteiger partial charge on any atom is -0.484 e. The van der Waals surface area contributed by atoms with Crippen molar-refractivity contribution >= 4 is 27.7 Å². The maximum Gasteiger partial charge on any atom is 0.261 e. The number of benzene rings is 2. The van der Waals surface area contributed by atoms with Gasteiger partial charge in [-0.15, -0.1) is 0 Å². The molecule has 2 amide bonds. The molecule has 0 aliphatic heterocycles. The van der Waals surface area contributed by atoms with Crippen molar-refractivity contribution in [2.45, 2.75) is 52.2 Å². The molecular formula is C23H28BrFN2O3. The maximum absolute atomic E-state index is 13.3. The van der Waals surface area contributed by atoms with E-state index < -0.39 is 6.04 Å². The minimum absolute atomic E-state index is 0.00772. The molecule has 0 aliphatic carbocycles. The number of nitrogens with zero attached hydrogens (tertiary/aromatic N) is 1. The van der Waals surface area contributed by atoms with Crippen molar-refractivity contribution in [1.82, 2.24) is 10.2 Å². The first kappa shape index (κ1) is 23.9. The van der Waals surface area contributed by atoms with Gasteiger partial charge < -0.3 is 15.0 Å². The second kappa shape index (κ2) is 11.7. The van der Waals surface area contributed by atoms with Crippen molar-refractivity contribution in [3.8, 4) is 5.75 Å². The Morgan fingerprint density at radius 3 is 2.27 bits per heavy atom. The fourth-order valence-corrected chi connectivity index (χ4v) is 3.17. The average molecular weight is 479 g/mol. The van der Waals surface area contributed by atoms with E-state index in [1.165, 1.54) is 17.0 Å². The number of carbonyl (C=O) groups is 2. The molecule has 0 heterocycles. The summed E-state index contributed by atoms with van der Waals surface area (Å²) in [6.45, 7) is 5.76. The van der Waals surface area contributed by atoms with Gasteiger partial charge in [0.05, 0.1) is 0 Å². The first-order chi connectivity index (χ1) is 14.3. The summed E-state index contributed by atoms with van der Waals surface area (Å²) >= 11 is 3.36. The molecule has 0 spiro atoms. The largest absolute Gasteiger partial charge is 0.484 e. The van der Waals surface area contributed by atoms with E-state index >= 15 is 0 Å². The quantitative estimate of drug-likeness (QED) is 0.538. The lowest BCUT2D eigenvalue weighted by Crippen LogP contribution is -2.51. The number of hydrogen-bond donors (Lipinski definition) is 1. The Bertz CT molecular complexity index is 827. The van der Waals surface area contributed by atoms with Gasteiger partial charge in [-0.05, 0) is 61.7 Å². The lowest BCUT2D eigenvalue weighted by atomic mass is 10.1. The van der Waals surface area contributed by atoms with Gasteiger partial charge in [-0.3, -0.25) is 9.59 Å². The molecule has 2 atom stereocenters. The van der Waals surface area contributed by atoms with Crippen LogP contribution in [-0.4, -0.2) is 35.4 Å². The molecule has 2 rings (SSSR count). The third kappa shape index (κ3) is 7.13. The first-order valence-corrected chi connectivity index (χ1v) is 10.9. The van der Waals surface area contributed by atoms with Crippen molar-refractivity contribution in [1.29, 1.82) is 0 Å². The SMILES string of the molecule is CC[C@H](C(=O)N[C@@H](C)CC)N(Cc1ccc(F)cc1)C(=O)COc1ccc(Br)cc1. The van der Waals surface area contributed by atoms with Gasteiger partial charge in [-0.1, -0.05) is 41.9 Å². The monoisotopic (exact) mass is 478 g/mol. The normalized spacial score (nSPS) is 12.7. The van der Waals surface area contributed by atoms with Crippen LogP contribution in [-0.2, 0) is 16.1 Å². The molecule has 5 nitrogen and oxygen atoms in total. The Morgan fingerprint density at radius 2 is 1.70 bits per heavy atom. The number of hydrogen-bond acceptors (Lipinski definition) is 3. The third-order valence-corrected chi connectivity index (χ3v) is 5.36. The zero-order valence-electron chi connectivity index (χ0n) is 17.5. The molecule has 2 aromatic rings. The van der Waals surface area contributed by atoms with Crippen LogP contribution >= 0.6 is 15.9 Å². The number of carbonyl (C=O) groups excluding carboxylic acids is 2. The van der Waals surface area contributed by atoms with E-state index in [4.69, 9.17) is 4.74 Å². The van der Waals surface area contributed by atoms with E-state index in [-0.39, 0.29) is 36.8 Å². The Kier molecular flexibility index (Phi) is 9.30. The summed E-state index contributed by atoms with van der Waals surface area (Å²) in [5.74, 6) is -0.304. The predicted molar refractivity (Wildman–Crippen MR) is 119 cm³/mol. The zero-order chi connectivity index (χ0) is 22.1. The van der Waals surface area contributed by atoms with Crippen molar-refractivity contribution in [2.24, 2.45) is 0 Å². The molecule has 0 saturated carbocycles. The van der Waals surface area contributed by atoms with Crippen LogP contribution < -0.4 is 10.1 Å². The van der Waals surface area contributed by atoms with Gasteiger partial charge in [0.2, 0.25) is 5.91 Å². The maximum atomic E-state index is 13.3. The fraction of sp³-hybridized carbons (Fsp3) is 0.391. The number of amides is 2. The highest BCUT2D eigenvalue weighted by atomic mass is 79.9. The first-order valence-electron chi connectivity index (χ1n) is 10.1. The molecule has 162 valence electrons. The van der Waals surface area contributed by atoms with Gasteiger partial charge in [0.15, 0.2) is 6.61 Å². The predicted octanol–water partition coefficient (Wildman–Crippen LogP) is 4.69. The van der Waals surface area contributed by atoms with Gasteiger partial charge in [-0.2, -0.15) is 0 Å². The smallest absolute Gasteiger partial charge is 0.261 e. The van der Waals surface area contributed by atoms with Gasteiger partial charge in [0.1, 0.15) is 17.6 Å². The Balaban J connectivity index is 2.19. The van der Waals surface area contributed by atoms with Crippen LogP contribution in [0.2, 0.25) is 0 Å². The van der Waals surface area contributed by atoms with Crippen LogP contribution in [0, 0.1) is 5.82 Å². The van der Waals surface area contributed by atoms with Crippen LogP contribution in [0.4, 0.5) is 4.39 Å². The summed E-state index contributed by atoms with van der Waals surface area (Å²) in [5, 5.41) is 2.95. The summed E-state index contributed by atoms with van der Waals surface area (Å²) in [6.07, 6.45) is 1.24. The van der Waals surface area contributed by atoms with Crippen LogP contribution in [0.1, 0.15) is 39.2 Å². The van der Waals surface area contributed by atoms with Gasteiger partial charge in [-0.25, -0.2) is 4.39 Å².